The molecule has 2 aromatic heterocycles. The predicted molar refractivity (Wildman–Crippen MR) is 132 cm³/mol. The molecule has 0 radical (unpaired) electrons. The first kappa shape index (κ1) is 26.9. The second-order valence-electron chi connectivity index (χ2n) is 8.75. The SMILES string of the molecule is CC(C)OC(=O)[C@H](C)N[P@](=O)(OC[C@H]1O[C@@H](n2cnc3c(N)ncnc32)[C@H](N)[C@@H]1O)Oc1ccccc1. The van der Waals surface area contributed by atoms with Gasteiger partial charge in [-0.2, -0.15) is 5.09 Å². The molecule has 14 nitrogen and oxygen atoms in total. The number of anilines is 1. The molecule has 1 aliphatic heterocycles. The zero-order valence-corrected chi connectivity index (χ0v) is 21.4. The smallest absolute Gasteiger partial charge is 0.459 e. The van der Waals surface area contributed by atoms with Crippen molar-refractivity contribution in [2.75, 3.05) is 12.3 Å². The van der Waals surface area contributed by atoms with Gasteiger partial charge in [-0.1, -0.05) is 18.2 Å². The summed E-state index contributed by atoms with van der Waals surface area (Å²) < 4.78 is 37.6. The van der Waals surface area contributed by atoms with Crippen LogP contribution in [0.2, 0.25) is 0 Å². The number of nitrogens with one attached hydrogen (secondary N) is 1. The van der Waals surface area contributed by atoms with E-state index in [1.54, 1.807) is 44.2 Å². The number of fused-ring (bicyclic) bond motifs is 1. The second kappa shape index (κ2) is 11.1. The Morgan fingerprint density at radius 3 is 2.68 bits per heavy atom. The molecule has 37 heavy (non-hydrogen) atoms. The molecule has 6 N–H and O–H groups in total. The van der Waals surface area contributed by atoms with E-state index in [1.807, 2.05) is 0 Å². The molecule has 3 aromatic rings. The molecule has 0 bridgehead atoms. The van der Waals surface area contributed by atoms with Gasteiger partial charge in [-0.05, 0) is 32.9 Å². The monoisotopic (exact) mass is 535 g/mol. The van der Waals surface area contributed by atoms with E-state index >= 15 is 0 Å². The van der Waals surface area contributed by atoms with Crippen LogP contribution in [0.4, 0.5) is 5.82 Å². The number of nitrogen functional groups attached to an aromatic ring is 1. The van der Waals surface area contributed by atoms with Gasteiger partial charge in [0.1, 0.15) is 35.8 Å². The highest BCUT2D eigenvalue weighted by Crippen LogP contribution is 2.46. The number of rotatable bonds is 10. The van der Waals surface area contributed by atoms with Crippen molar-refractivity contribution < 1.29 is 33.0 Å². The van der Waals surface area contributed by atoms with Crippen LogP contribution < -0.4 is 21.1 Å². The molecule has 1 aliphatic rings. The summed E-state index contributed by atoms with van der Waals surface area (Å²) in [7, 11) is -4.16. The minimum absolute atomic E-state index is 0.186. The first-order chi connectivity index (χ1) is 17.6. The van der Waals surface area contributed by atoms with Crippen LogP contribution in [0, 0.1) is 0 Å². The number of benzene rings is 1. The summed E-state index contributed by atoms with van der Waals surface area (Å²) in [5, 5.41) is 13.4. The molecule has 0 saturated carbocycles. The third kappa shape index (κ3) is 6.06. The molecule has 15 heteroatoms. The van der Waals surface area contributed by atoms with Gasteiger partial charge in [-0.15, -0.1) is 0 Å². The lowest BCUT2D eigenvalue weighted by atomic mass is 10.1. The van der Waals surface area contributed by atoms with Gasteiger partial charge in [-0.25, -0.2) is 19.5 Å². The van der Waals surface area contributed by atoms with E-state index in [0.717, 1.165) is 0 Å². The third-order valence-electron chi connectivity index (χ3n) is 5.51. The number of esters is 1. The number of carbonyl (C=O) groups is 1. The molecule has 0 amide bonds. The van der Waals surface area contributed by atoms with E-state index in [4.69, 9.17) is 30.0 Å². The zero-order chi connectivity index (χ0) is 26.7. The number of aliphatic hydroxyl groups is 1. The molecule has 0 unspecified atom stereocenters. The highest BCUT2D eigenvalue weighted by Gasteiger charge is 2.45. The number of hydrogen-bond donors (Lipinski definition) is 4. The standard InChI is InChI=1S/C22H30N7O7P/c1-12(2)34-22(31)13(3)28-37(32,36-14-7-5-4-6-8-14)33-9-15-18(30)16(23)21(35-15)29-11-27-17-19(24)25-10-26-20(17)29/h4-8,10-13,15-16,18,21,30H,9,23H2,1-3H3,(H,28,32)(H2,24,25,26)/t13-,15+,16+,18+,21+,37-/m0/s1. The van der Waals surface area contributed by atoms with Crippen LogP contribution in [0.15, 0.2) is 43.0 Å². The van der Waals surface area contributed by atoms with Gasteiger partial charge >= 0.3 is 13.7 Å². The minimum atomic E-state index is -4.16. The number of para-hydroxylation sites is 1. The Labute approximate surface area is 212 Å². The quantitative estimate of drug-likeness (QED) is 0.213. The summed E-state index contributed by atoms with van der Waals surface area (Å²) in [5.74, 6) is -0.207. The van der Waals surface area contributed by atoms with E-state index in [-0.39, 0.29) is 24.3 Å². The number of carbonyl (C=O) groups excluding carboxylic acids is 1. The van der Waals surface area contributed by atoms with Crippen molar-refractivity contribution in [2.45, 2.75) is 57.4 Å². The molecule has 0 aliphatic carbocycles. The van der Waals surface area contributed by atoms with Crippen LogP contribution >= 0.6 is 7.75 Å². The summed E-state index contributed by atoms with van der Waals surface area (Å²) in [6.45, 7) is 4.49. The lowest BCUT2D eigenvalue weighted by Gasteiger charge is -2.25. The highest BCUT2D eigenvalue weighted by molar-refractivity contribution is 7.52. The van der Waals surface area contributed by atoms with Crippen LogP contribution in [0.1, 0.15) is 27.0 Å². The van der Waals surface area contributed by atoms with Crippen LogP contribution in [-0.2, 0) is 23.4 Å². The zero-order valence-electron chi connectivity index (χ0n) is 20.5. The third-order valence-corrected chi connectivity index (χ3v) is 7.16. The molecule has 0 spiro atoms. The van der Waals surface area contributed by atoms with Gasteiger partial charge in [0.15, 0.2) is 17.7 Å². The number of nitrogens with two attached hydrogens (primary N) is 2. The van der Waals surface area contributed by atoms with Gasteiger partial charge in [-0.3, -0.25) is 13.9 Å². The van der Waals surface area contributed by atoms with Gasteiger partial charge in [0.2, 0.25) is 0 Å². The lowest BCUT2D eigenvalue weighted by Crippen LogP contribution is -2.40. The fourth-order valence-corrected chi connectivity index (χ4v) is 5.22. The van der Waals surface area contributed by atoms with Crippen molar-refractivity contribution in [3.63, 3.8) is 0 Å². The number of hydrogen-bond acceptors (Lipinski definition) is 12. The lowest BCUT2D eigenvalue weighted by molar-refractivity contribution is -0.149. The van der Waals surface area contributed by atoms with Gasteiger partial charge in [0, 0.05) is 0 Å². The Morgan fingerprint density at radius 2 is 1.97 bits per heavy atom. The maximum Gasteiger partial charge on any atom is 0.459 e. The molecule has 200 valence electrons. The fourth-order valence-electron chi connectivity index (χ4n) is 3.72. The molecule has 4 rings (SSSR count). The topological polar surface area (TPSA) is 199 Å². The Balaban J connectivity index is 1.50. The molecule has 6 atom stereocenters. The number of nitrogens with zero attached hydrogens (tertiary/aromatic N) is 4. The Morgan fingerprint density at radius 1 is 1.24 bits per heavy atom. The Bertz CT molecular complexity index is 1270. The first-order valence-electron chi connectivity index (χ1n) is 11.6. The summed E-state index contributed by atoms with van der Waals surface area (Å²) >= 11 is 0. The van der Waals surface area contributed by atoms with Crippen molar-refractivity contribution in [3.05, 3.63) is 43.0 Å². The fraction of sp³-hybridized carbons (Fsp3) is 0.455. The minimum Gasteiger partial charge on any atom is -0.462 e. The Kier molecular flexibility index (Phi) is 8.07. The molecule has 3 heterocycles. The van der Waals surface area contributed by atoms with Crippen molar-refractivity contribution in [1.82, 2.24) is 24.6 Å². The van der Waals surface area contributed by atoms with E-state index in [9.17, 15) is 14.5 Å². The first-order valence-corrected chi connectivity index (χ1v) is 13.1. The number of aliphatic hydroxyl groups excluding tert-OH is 1. The molecule has 1 aromatic carbocycles. The Hall–Kier alpha value is -3.13. The largest absolute Gasteiger partial charge is 0.462 e. The van der Waals surface area contributed by atoms with Crippen LogP contribution in [0.25, 0.3) is 11.2 Å². The van der Waals surface area contributed by atoms with E-state index < -0.39 is 44.2 Å². The number of imidazole rings is 1. The maximum atomic E-state index is 13.7. The summed E-state index contributed by atoms with van der Waals surface area (Å²) in [6.07, 6.45) is -0.720. The number of aromatic nitrogens is 4. The maximum absolute atomic E-state index is 13.7. The van der Waals surface area contributed by atoms with Crippen molar-refractivity contribution in [3.8, 4) is 5.75 Å². The average Bonchev–Trinajstić information content (AvgIpc) is 3.40. The average molecular weight is 535 g/mol. The summed E-state index contributed by atoms with van der Waals surface area (Å²) in [6, 6.07) is 6.38. The van der Waals surface area contributed by atoms with Crippen molar-refractivity contribution in [1.29, 1.82) is 0 Å². The predicted octanol–water partition coefficient (Wildman–Crippen LogP) is 1.13. The van der Waals surface area contributed by atoms with Gasteiger partial charge < -0.3 is 30.6 Å². The number of ether oxygens (including phenoxy) is 2. The molecule has 1 fully saturated rings. The summed E-state index contributed by atoms with van der Waals surface area (Å²) in [4.78, 5) is 24.6. The van der Waals surface area contributed by atoms with E-state index in [2.05, 4.69) is 20.0 Å². The molecular weight excluding hydrogens is 505 g/mol. The van der Waals surface area contributed by atoms with Gasteiger partial charge in [0.25, 0.3) is 0 Å². The molecular formula is C22H30N7O7P. The van der Waals surface area contributed by atoms with E-state index in [1.165, 1.54) is 24.1 Å². The van der Waals surface area contributed by atoms with Crippen LogP contribution in [0.3, 0.4) is 0 Å². The molecule has 1 saturated heterocycles. The van der Waals surface area contributed by atoms with Crippen LogP contribution in [0.5, 0.6) is 5.75 Å². The second-order valence-corrected chi connectivity index (χ2v) is 10.4. The highest BCUT2D eigenvalue weighted by atomic mass is 31.2. The normalized spacial score (nSPS) is 24.2. The summed E-state index contributed by atoms with van der Waals surface area (Å²) in [5.41, 5.74) is 12.8. The van der Waals surface area contributed by atoms with Crippen molar-refractivity contribution >= 4 is 30.7 Å². The van der Waals surface area contributed by atoms with E-state index in [0.29, 0.717) is 11.2 Å². The van der Waals surface area contributed by atoms with Crippen molar-refractivity contribution in [2.24, 2.45) is 5.73 Å². The van der Waals surface area contributed by atoms with Crippen LogP contribution in [-0.4, -0.2) is 67.6 Å². The van der Waals surface area contributed by atoms with Gasteiger partial charge in [0.05, 0.1) is 25.1 Å².